The molecule has 116 valence electrons. The van der Waals surface area contributed by atoms with Crippen LogP contribution in [0, 0.1) is 6.92 Å². The zero-order chi connectivity index (χ0) is 15.6. The molecule has 3 nitrogen and oxygen atoms in total. The van der Waals surface area contributed by atoms with Crippen molar-refractivity contribution in [1.29, 1.82) is 0 Å². The van der Waals surface area contributed by atoms with E-state index in [9.17, 15) is 13.2 Å². The summed E-state index contributed by atoms with van der Waals surface area (Å²) in [7, 11) is 0. The van der Waals surface area contributed by atoms with Gasteiger partial charge in [-0.25, -0.2) is 0 Å². The van der Waals surface area contributed by atoms with Crippen molar-refractivity contribution in [2.45, 2.75) is 13.1 Å². The molecule has 2 N–H and O–H groups in total. The maximum absolute atomic E-state index is 12.4. The quantitative estimate of drug-likeness (QED) is 0.867. The van der Waals surface area contributed by atoms with Gasteiger partial charge < -0.3 is 10.6 Å². The molecule has 1 saturated heterocycles. The number of benzene rings is 1. The zero-order valence-corrected chi connectivity index (χ0v) is 12.6. The van der Waals surface area contributed by atoms with Crippen molar-refractivity contribution < 1.29 is 13.2 Å². The van der Waals surface area contributed by atoms with E-state index in [1.165, 1.54) is 4.90 Å². The SMILES string of the molecule is Cc1cccc(C(N)=S)c1N1CCN(CC(F)(F)F)CC1. The molecule has 21 heavy (non-hydrogen) atoms. The Bertz CT molecular complexity index is 523. The van der Waals surface area contributed by atoms with Crippen LogP contribution in [-0.2, 0) is 0 Å². The van der Waals surface area contributed by atoms with Gasteiger partial charge in [0.15, 0.2) is 0 Å². The third kappa shape index (κ3) is 4.07. The van der Waals surface area contributed by atoms with Crippen LogP contribution in [0.2, 0.25) is 0 Å². The lowest BCUT2D eigenvalue weighted by molar-refractivity contribution is -0.146. The molecule has 1 aromatic carbocycles. The molecule has 0 radical (unpaired) electrons. The second kappa shape index (κ2) is 6.19. The van der Waals surface area contributed by atoms with Gasteiger partial charge in [-0.15, -0.1) is 0 Å². The average molecular weight is 317 g/mol. The fourth-order valence-electron chi connectivity index (χ4n) is 2.66. The molecular weight excluding hydrogens is 299 g/mol. The standard InChI is InChI=1S/C14H18F3N3S/c1-10-3-2-4-11(13(18)21)12(10)20-7-5-19(6-8-20)9-14(15,16)17/h2-4H,5-9H2,1H3,(H2,18,21). The highest BCUT2D eigenvalue weighted by Crippen LogP contribution is 2.27. The molecule has 2 rings (SSSR count). The van der Waals surface area contributed by atoms with E-state index in [4.69, 9.17) is 18.0 Å². The van der Waals surface area contributed by atoms with Crippen molar-refractivity contribution >= 4 is 22.9 Å². The Hall–Kier alpha value is -1.34. The van der Waals surface area contributed by atoms with E-state index in [0.717, 1.165) is 16.8 Å². The van der Waals surface area contributed by atoms with Crippen molar-refractivity contribution in [2.75, 3.05) is 37.6 Å². The van der Waals surface area contributed by atoms with Crippen LogP contribution in [0.25, 0.3) is 0 Å². The maximum Gasteiger partial charge on any atom is 0.401 e. The van der Waals surface area contributed by atoms with Crippen molar-refractivity contribution in [2.24, 2.45) is 5.73 Å². The molecule has 0 aliphatic carbocycles. The van der Waals surface area contributed by atoms with Gasteiger partial charge >= 0.3 is 6.18 Å². The van der Waals surface area contributed by atoms with Gasteiger partial charge in [-0.1, -0.05) is 24.4 Å². The first-order valence-corrected chi connectivity index (χ1v) is 7.12. The van der Waals surface area contributed by atoms with Crippen molar-refractivity contribution in [3.63, 3.8) is 0 Å². The number of nitrogens with zero attached hydrogens (tertiary/aromatic N) is 2. The third-order valence-corrected chi connectivity index (χ3v) is 3.81. The predicted molar refractivity (Wildman–Crippen MR) is 81.8 cm³/mol. The molecule has 0 amide bonds. The van der Waals surface area contributed by atoms with E-state index in [1.807, 2.05) is 25.1 Å². The molecule has 0 bridgehead atoms. The Morgan fingerprint density at radius 3 is 2.38 bits per heavy atom. The van der Waals surface area contributed by atoms with Crippen LogP contribution >= 0.6 is 12.2 Å². The lowest BCUT2D eigenvalue weighted by Crippen LogP contribution is -2.49. The Balaban J connectivity index is 2.11. The van der Waals surface area contributed by atoms with Crippen LogP contribution in [0.5, 0.6) is 0 Å². The molecule has 1 aromatic rings. The van der Waals surface area contributed by atoms with E-state index in [2.05, 4.69) is 4.90 Å². The van der Waals surface area contributed by atoms with Gasteiger partial charge in [0, 0.05) is 37.4 Å². The highest BCUT2D eigenvalue weighted by molar-refractivity contribution is 7.80. The fourth-order valence-corrected chi connectivity index (χ4v) is 2.83. The molecule has 1 heterocycles. The van der Waals surface area contributed by atoms with E-state index < -0.39 is 12.7 Å². The van der Waals surface area contributed by atoms with Gasteiger partial charge in [0.1, 0.15) is 4.99 Å². The highest BCUT2D eigenvalue weighted by Gasteiger charge is 2.32. The summed E-state index contributed by atoms with van der Waals surface area (Å²) in [5.41, 5.74) is 8.51. The molecular formula is C14H18F3N3S. The van der Waals surface area contributed by atoms with Crippen LogP contribution in [0.4, 0.5) is 18.9 Å². The first-order valence-electron chi connectivity index (χ1n) is 6.71. The normalized spacial score (nSPS) is 17.0. The Morgan fingerprint density at radius 2 is 1.86 bits per heavy atom. The number of alkyl halides is 3. The highest BCUT2D eigenvalue weighted by atomic mass is 32.1. The molecule has 0 saturated carbocycles. The van der Waals surface area contributed by atoms with Crippen LogP contribution in [0.3, 0.4) is 0 Å². The number of hydrogen-bond acceptors (Lipinski definition) is 3. The van der Waals surface area contributed by atoms with Crippen LogP contribution in [0.15, 0.2) is 18.2 Å². The molecule has 0 spiro atoms. The third-order valence-electron chi connectivity index (χ3n) is 3.59. The molecule has 0 unspecified atom stereocenters. The van der Waals surface area contributed by atoms with Gasteiger partial charge in [-0.3, -0.25) is 4.90 Å². The Morgan fingerprint density at radius 1 is 1.24 bits per heavy atom. The van der Waals surface area contributed by atoms with Crippen LogP contribution in [0.1, 0.15) is 11.1 Å². The van der Waals surface area contributed by atoms with Crippen LogP contribution < -0.4 is 10.6 Å². The number of piperazine rings is 1. The summed E-state index contributed by atoms with van der Waals surface area (Å²) in [6.45, 7) is 2.94. The minimum absolute atomic E-state index is 0.312. The first-order chi connectivity index (χ1) is 9.78. The molecule has 0 atom stereocenters. The topological polar surface area (TPSA) is 32.5 Å². The number of hydrogen-bond donors (Lipinski definition) is 1. The fraction of sp³-hybridized carbons (Fsp3) is 0.500. The van der Waals surface area contributed by atoms with E-state index >= 15 is 0 Å². The number of rotatable bonds is 3. The summed E-state index contributed by atoms with van der Waals surface area (Å²) in [6, 6.07) is 5.69. The predicted octanol–water partition coefficient (Wildman–Crippen LogP) is 2.31. The van der Waals surface area contributed by atoms with Crippen molar-refractivity contribution in [1.82, 2.24) is 4.90 Å². The van der Waals surface area contributed by atoms with Gasteiger partial charge in [0.05, 0.1) is 6.54 Å². The number of thiocarbonyl (C=S) groups is 1. The molecule has 7 heteroatoms. The van der Waals surface area contributed by atoms with Crippen molar-refractivity contribution in [3.05, 3.63) is 29.3 Å². The largest absolute Gasteiger partial charge is 0.401 e. The summed E-state index contributed by atoms with van der Waals surface area (Å²) < 4.78 is 37.2. The summed E-state index contributed by atoms with van der Waals surface area (Å²) in [4.78, 5) is 3.80. The molecule has 0 aromatic heterocycles. The minimum Gasteiger partial charge on any atom is -0.389 e. The summed E-state index contributed by atoms with van der Waals surface area (Å²) in [5.74, 6) is 0. The summed E-state index contributed by atoms with van der Waals surface area (Å²) in [6.07, 6.45) is -4.14. The van der Waals surface area contributed by atoms with Gasteiger partial charge in [-0.05, 0) is 18.6 Å². The van der Waals surface area contributed by atoms with Crippen molar-refractivity contribution in [3.8, 4) is 0 Å². The second-order valence-electron chi connectivity index (χ2n) is 5.21. The number of nitrogens with two attached hydrogens (primary N) is 1. The molecule has 1 aliphatic rings. The Kier molecular flexibility index (Phi) is 4.73. The molecule has 1 aliphatic heterocycles. The number of para-hydroxylation sites is 1. The van der Waals surface area contributed by atoms with E-state index in [1.54, 1.807) is 0 Å². The lowest BCUT2D eigenvalue weighted by Gasteiger charge is -2.37. The average Bonchev–Trinajstić information content (AvgIpc) is 2.37. The molecule has 1 fully saturated rings. The number of anilines is 1. The lowest BCUT2D eigenvalue weighted by atomic mass is 10.1. The van der Waals surface area contributed by atoms with Gasteiger partial charge in [0.25, 0.3) is 0 Å². The first kappa shape index (κ1) is 16.0. The smallest absolute Gasteiger partial charge is 0.389 e. The van der Waals surface area contributed by atoms with Gasteiger partial charge in [0.2, 0.25) is 0 Å². The van der Waals surface area contributed by atoms with Gasteiger partial charge in [-0.2, -0.15) is 13.2 Å². The van der Waals surface area contributed by atoms with Crippen LogP contribution in [-0.4, -0.2) is 48.8 Å². The van der Waals surface area contributed by atoms with E-state index in [0.29, 0.717) is 31.2 Å². The summed E-state index contributed by atoms with van der Waals surface area (Å²) >= 11 is 5.07. The number of halogens is 3. The number of aryl methyl sites for hydroxylation is 1. The minimum atomic E-state index is -4.14. The van der Waals surface area contributed by atoms with E-state index in [-0.39, 0.29) is 0 Å². The zero-order valence-electron chi connectivity index (χ0n) is 11.8. The summed E-state index contributed by atoms with van der Waals surface area (Å²) in [5, 5.41) is 0. The maximum atomic E-state index is 12.4. The Labute approximate surface area is 127 Å². The monoisotopic (exact) mass is 317 g/mol. The second-order valence-corrected chi connectivity index (χ2v) is 5.65.